The highest BCUT2D eigenvalue weighted by Gasteiger charge is 2.26. The van der Waals surface area contributed by atoms with E-state index in [9.17, 15) is 24.9 Å². The topological polar surface area (TPSA) is 247 Å². The normalized spacial score (nSPS) is 13.3. The number of hydrazine groups is 1. The molecule has 0 saturated heterocycles. The van der Waals surface area contributed by atoms with Crippen molar-refractivity contribution in [2.75, 3.05) is 42.8 Å². The summed E-state index contributed by atoms with van der Waals surface area (Å²) in [7, 11) is 1.77. The predicted molar refractivity (Wildman–Crippen MR) is 198 cm³/mol. The number of nitrogens with one attached hydrogen (secondary N) is 3. The second kappa shape index (κ2) is 15.4. The Kier molecular flexibility index (Phi) is 9.88. The molecule has 2 amide bonds. The molecule has 0 saturated carbocycles. The molecule has 56 heavy (non-hydrogen) atoms. The zero-order valence-electron chi connectivity index (χ0n) is 30.0. The van der Waals surface area contributed by atoms with Crippen LogP contribution in [0.3, 0.4) is 0 Å². The van der Waals surface area contributed by atoms with Crippen molar-refractivity contribution < 1.29 is 29.7 Å². The first-order chi connectivity index (χ1) is 27.3. The number of aliphatic hydroxyl groups excluding tert-OH is 2. The Morgan fingerprint density at radius 1 is 0.839 bits per heavy atom. The number of carbonyl (C=O) groups is 2. The fourth-order valence-corrected chi connectivity index (χ4v) is 6.33. The Balaban J connectivity index is 1.06. The van der Waals surface area contributed by atoms with Gasteiger partial charge in [0.15, 0.2) is 29.0 Å². The van der Waals surface area contributed by atoms with Crippen LogP contribution in [0.25, 0.3) is 22.8 Å². The second-order valence-electron chi connectivity index (χ2n) is 12.9. The molecule has 0 aliphatic carbocycles. The van der Waals surface area contributed by atoms with Crippen LogP contribution in [0.15, 0.2) is 67.5 Å². The van der Waals surface area contributed by atoms with Crippen molar-refractivity contribution in [3.05, 3.63) is 95.6 Å². The number of aliphatic hydroxyl groups is 2. The highest BCUT2D eigenvalue weighted by molar-refractivity contribution is 5.94. The third kappa shape index (κ3) is 7.38. The van der Waals surface area contributed by atoms with Crippen LogP contribution in [-0.4, -0.2) is 105 Å². The molecule has 0 atom stereocenters. The van der Waals surface area contributed by atoms with Gasteiger partial charge in [-0.25, -0.2) is 25.4 Å². The van der Waals surface area contributed by atoms with E-state index in [1.54, 1.807) is 65.8 Å². The zero-order chi connectivity index (χ0) is 38.8. The number of rotatable bonds is 12. The summed E-state index contributed by atoms with van der Waals surface area (Å²) in [6.45, 7) is 1.11. The van der Waals surface area contributed by atoms with Crippen LogP contribution in [-0.2, 0) is 26.6 Å². The van der Waals surface area contributed by atoms with Gasteiger partial charge in [0.2, 0.25) is 0 Å². The van der Waals surface area contributed by atoms with Crippen molar-refractivity contribution in [1.82, 2.24) is 60.7 Å². The standard InChI is InChI=1S/C36H36N14O6/c1-47-18-24(16-40-47)33-43-26(35(54)38-5-8-51)12-31(45-33)48-7-3-21-10-29(53)30(11-22(21)19-48)56-49-20-25(17-41-49)34-44-27(36(55)39-6-9-52)13-32(46-34)50-28-2-4-37-14-23(28)15-42-50/h2,4,10-14,16-18,20,42,51-53H,3,5-9,15,19H2,1H3,(H,38,54)(H,39,55). The van der Waals surface area contributed by atoms with Crippen LogP contribution in [0.1, 0.15) is 37.7 Å². The molecule has 0 spiro atoms. The van der Waals surface area contributed by atoms with Crippen LogP contribution in [0, 0.1) is 0 Å². The number of nitrogens with zero attached hydrogens (tertiary/aromatic N) is 11. The largest absolute Gasteiger partial charge is 0.504 e. The minimum absolute atomic E-state index is 0.0485. The third-order valence-electron chi connectivity index (χ3n) is 9.05. The fourth-order valence-electron chi connectivity index (χ4n) is 6.33. The number of anilines is 3. The lowest BCUT2D eigenvalue weighted by Crippen LogP contribution is -2.32. The average Bonchev–Trinajstić information content (AvgIpc) is 3.99. The number of hydrogen-bond donors (Lipinski definition) is 6. The lowest BCUT2D eigenvalue weighted by Gasteiger charge is -2.30. The Hall–Kier alpha value is -7.03. The van der Waals surface area contributed by atoms with Gasteiger partial charge in [-0.15, -0.1) is 5.10 Å². The minimum atomic E-state index is -0.494. The molecule has 5 aromatic heterocycles. The fraction of sp³-hybridized carbons (Fsp3) is 0.250. The van der Waals surface area contributed by atoms with Gasteiger partial charge in [-0.05, 0) is 35.7 Å². The van der Waals surface area contributed by atoms with Crippen molar-refractivity contribution in [2.45, 2.75) is 19.5 Å². The van der Waals surface area contributed by atoms with E-state index < -0.39 is 11.8 Å². The lowest BCUT2D eigenvalue weighted by molar-refractivity contribution is 0.0932. The van der Waals surface area contributed by atoms with E-state index in [2.05, 4.69) is 41.2 Å². The quantitative estimate of drug-likeness (QED) is 0.100. The van der Waals surface area contributed by atoms with E-state index in [0.29, 0.717) is 54.6 Å². The summed E-state index contributed by atoms with van der Waals surface area (Å²) in [6, 6.07) is 8.36. The molecule has 6 aromatic rings. The summed E-state index contributed by atoms with van der Waals surface area (Å²) >= 11 is 0. The number of benzene rings is 1. The van der Waals surface area contributed by atoms with Crippen molar-refractivity contribution in [2.24, 2.45) is 7.05 Å². The van der Waals surface area contributed by atoms with E-state index >= 15 is 0 Å². The minimum Gasteiger partial charge on any atom is -0.504 e. The summed E-state index contributed by atoms with van der Waals surface area (Å²) in [4.78, 5) is 57.8. The van der Waals surface area contributed by atoms with Gasteiger partial charge in [0, 0.05) is 76.1 Å². The maximum atomic E-state index is 13.0. The SMILES string of the molecule is Cn1cc(-c2nc(C(=O)NCCO)cc(N3CCc4cc(O)c(On5cc(-c6nc(C(=O)NCCO)cc(N7NCc8cnccc87)n6)cn5)cc4C3)n2)cn1. The molecule has 0 bridgehead atoms. The average molecular weight is 761 g/mol. The van der Waals surface area contributed by atoms with Crippen LogP contribution in [0.2, 0.25) is 0 Å². The van der Waals surface area contributed by atoms with Gasteiger partial charge in [0.1, 0.15) is 17.2 Å². The Morgan fingerprint density at radius 3 is 2.25 bits per heavy atom. The third-order valence-corrected chi connectivity index (χ3v) is 9.05. The summed E-state index contributed by atoms with van der Waals surface area (Å²) in [6.07, 6.45) is 10.4. The van der Waals surface area contributed by atoms with Crippen molar-refractivity contribution in [3.63, 3.8) is 0 Å². The van der Waals surface area contributed by atoms with Gasteiger partial charge >= 0.3 is 0 Å². The van der Waals surface area contributed by atoms with Gasteiger partial charge in [-0.1, -0.05) is 4.85 Å². The summed E-state index contributed by atoms with van der Waals surface area (Å²) in [5.41, 5.74) is 8.07. The maximum Gasteiger partial charge on any atom is 0.270 e. The predicted octanol–water partition coefficient (Wildman–Crippen LogP) is 0.637. The van der Waals surface area contributed by atoms with Crippen LogP contribution in [0.5, 0.6) is 11.5 Å². The number of aromatic hydroxyl groups is 1. The first-order valence-electron chi connectivity index (χ1n) is 17.6. The Morgan fingerprint density at radius 2 is 1.54 bits per heavy atom. The summed E-state index contributed by atoms with van der Waals surface area (Å²) < 4.78 is 1.62. The molecular weight excluding hydrogens is 724 g/mol. The van der Waals surface area contributed by atoms with E-state index in [4.69, 9.17) is 14.8 Å². The number of carbonyl (C=O) groups excluding carboxylic acids is 2. The molecule has 6 N–H and O–H groups in total. The summed E-state index contributed by atoms with van der Waals surface area (Å²) in [5, 5.41) is 45.1. The molecule has 7 heterocycles. The first kappa shape index (κ1) is 36.0. The number of phenols is 1. The van der Waals surface area contributed by atoms with Gasteiger partial charge in [0.05, 0.1) is 48.6 Å². The number of fused-ring (bicyclic) bond motifs is 2. The first-order valence-corrected chi connectivity index (χ1v) is 17.6. The van der Waals surface area contributed by atoms with Crippen molar-refractivity contribution >= 4 is 29.1 Å². The Bertz CT molecular complexity index is 2430. The molecule has 2 aliphatic heterocycles. The van der Waals surface area contributed by atoms with E-state index in [1.165, 1.54) is 12.4 Å². The van der Waals surface area contributed by atoms with Crippen LogP contribution >= 0.6 is 0 Å². The molecule has 1 aromatic carbocycles. The zero-order valence-corrected chi connectivity index (χ0v) is 30.0. The van der Waals surface area contributed by atoms with Crippen molar-refractivity contribution in [3.8, 4) is 34.3 Å². The summed E-state index contributed by atoms with van der Waals surface area (Å²) in [5.74, 6) is 0.521. The lowest BCUT2D eigenvalue weighted by atomic mass is 9.99. The molecule has 8 rings (SSSR count). The van der Waals surface area contributed by atoms with Gasteiger partial charge in [-0.3, -0.25) is 24.3 Å². The highest BCUT2D eigenvalue weighted by Crippen LogP contribution is 2.35. The van der Waals surface area contributed by atoms with Gasteiger partial charge in [-0.2, -0.15) is 5.10 Å². The molecule has 20 heteroatoms. The molecule has 20 nitrogen and oxygen atoms in total. The molecule has 286 valence electrons. The number of aryl methyl sites for hydroxylation is 1. The molecule has 0 unspecified atom stereocenters. The van der Waals surface area contributed by atoms with E-state index in [-0.39, 0.29) is 55.0 Å². The molecule has 2 aliphatic rings. The second-order valence-corrected chi connectivity index (χ2v) is 12.9. The number of phenolic OH excluding ortho intramolecular Hbond substituents is 1. The number of hydrogen-bond acceptors (Lipinski definition) is 16. The maximum absolute atomic E-state index is 13.0. The number of pyridine rings is 1. The highest BCUT2D eigenvalue weighted by atomic mass is 16.7. The molecular formula is C36H36N14O6. The molecule has 0 fully saturated rings. The molecule has 0 radical (unpaired) electrons. The van der Waals surface area contributed by atoms with Crippen LogP contribution in [0.4, 0.5) is 17.3 Å². The monoisotopic (exact) mass is 760 g/mol. The van der Waals surface area contributed by atoms with Crippen molar-refractivity contribution in [1.29, 1.82) is 0 Å². The van der Waals surface area contributed by atoms with Gasteiger partial charge < -0.3 is 35.7 Å². The number of aromatic nitrogens is 9. The Labute approximate surface area is 318 Å². The van der Waals surface area contributed by atoms with E-state index in [0.717, 1.165) is 27.2 Å². The van der Waals surface area contributed by atoms with Crippen LogP contribution < -0.4 is 30.8 Å². The smallest absolute Gasteiger partial charge is 0.270 e. The number of amides is 2. The van der Waals surface area contributed by atoms with Gasteiger partial charge in [0.25, 0.3) is 11.8 Å². The van der Waals surface area contributed by atoms with E-state index in [1.807, 2.05) is 11.0 Å².